The van der Waals surface area contributed by atoms with Crippen molar-refractivity contribution in [2.75, 3.05) is 52.8 Å². The predicted molar refractivity (Wildman–Crippen MR) is 143 cm³/mol. The molecule has 1 aromatic heterocycles. The van der Waals surface area contributed by atoms with Gasteiger partial charge in [0.05, 0.1) is 25.4 Å². The number of methoxy groups -OCH3 is 1. The molecule has 8 heteroatoms. The molecule has 1 atom stereocenters. The number of hydrogen-bond donors (Lipinski definition) is 2. The summed E-state index contributed by atoms with van der Waals surface area (Å²) in [4.78, 5) is 13.7. The molecule has 1 aliphatic rings. The topological polar surface area (TPSA) is 65.0 Å². The molecule has 0 amide bonds. The van der Waals surface area contributed by atoms with Crippen LogP contribution in [0.5, 0.6) is 5.75 Å². The van der Waals surface area contributed by atoms with Gasteiger partial charge in [-0.3, -0.25) is 9.89 Å². The van der Waals surface area contributed by atoms with E-state index in [2.05, 4.69) is 37.6 Å². The highest BCUT2D eigenvalue weighted by Crippen LogP contribution is 2.25. The number of rotatable bonds is 8. The molecule has 0 saturated carbocycles. The highest BCUT2D eigenvalue weighted by atomic mass is 127. The fraction of sp³-hybridized carbons (Fsp3) is 0.500. The van der Waals surface area contributed by atoms with E-state index in [0.29, 0.717) is 12.6 Å². The van der Waals surface area contributed by atoms with Gasteiger partial charge in [0.1, 0.15) is 11.6 Å². The Morgan fingerprint density at radius 2 is 1.81 bits per heavy atom. The van der Waals surface area contributed by atoms with Crippen LogP contribution in [-0.2, 0) is 6.54 Å². The number of guanidine groups is 1. The van der Waals surface area contributed by atoms with Gasteiger partial charge in [0.15, 0.2) is 5.96 Å². The van der Waals surface area contributed by atoms with E-state index in [1.807, 2.05) is 56.4 Å². The number of aliphatic imine (C=N–C) groups is 1. The van der Waals surface area contributed by atoms with Gasteiger partial charge >= 0.3 is 0 Å². The fourth-order valence-electron chi connectivity index (χ4n) is 3.92. The monoisotopic (exact) mass is 552 g/mol. The Kier molecular flexibility index (Phi) is 11.0. The Morgan fingerprint density at radius 1 is 1.09 bits per heavy atom. The summed E-state index contributed by atoms with van der Waals surface area (Å²) in [6.07, 6.45) is 3.84. The van der Waals surface area contributed by atoms with Crippen LogP contribution in [0.4, 0.5) is 5.82 Å². The zero-order chi connectivity index (χ0) is 22.1. The summed E-state index contributed by atoms with van der Waals surface area (Å²) in [5.41, 5.74) is 2.28. The van der Waals surface area contributed by atoms with Gasteiger partial charge in [-0.2, -0.15) is 0 Å². The number of pyridine rings is 1. The number of nitrogens with zero attached hydrogens (tertiary/aromatic N) is 4. The molecule has 0 spiro atoms. The normalized spacial score (nSPS) is 15.4. The van der Waals surface area contributed by atoms with Crippen LogP contribution in [0.3, 0.4) is 0 Å². The van der Waals surface area contributed by atoms with Gasteiger partial charge in [0, 0.05) is 27.7 Å². The first-order valence-corrected chi connectivity index (χ1v) is 11.1. The molecule has 32 heavy (non-hydrogen) atoms. The third-order valence-corrected chi connectivity index (χ3v) is 5.71. The van der Waals surface area contributed by atoms with E-state index in [-0.39, 0.29) is 24.0 Å². The smallest absolute Gasteiger partial charge is 0.191 e. The van der Waals surface area contributed by atoms with Gasteiger partial charge < -0.3 is 20.3 Å². The van der Waals surface area contributed by atoms with Gasteiger partial charge in [-0.25, -0.2) is 4.98 Å². The quantitative estimate of drug-likeness (QED) is 0.296. The molecular formula is C24H37IN6O. The molecule has 2 aromatic rings. The van der Waals surface area contributed by atoms with E-state index >= 15 is 0 Å². The first-order valence-electron chi connectivity index (χ1n) is 11.1. The number of piperidine rings is 1. The maximum absolute atomic E-state index is 5.34. The van der Waals surface area contributed by atoms with E-state index in [0.717, 1.165) is 42.9 Å². The second kappa shape index (κ2) is 13.5. The van der Waals surface area contributed by atoms with Crippen molar-refractivity contribution in [3.63, 3.8) is 0 Å². The summed E-state index contributed by atoms with van der Waals surface area (Å²) in [5, 5.41) is 6.93. The number of aromatic nitrogens is 1. The second-order valence-corrected chi connectivity index (χ2v) is 8.07. The molecule has 1 aromatic carbocycles. The molecule has 0 aliphatic carbocycles. The minimum Gasteiger partial charge on any atom is -0.497 e. The van der Waals surface area contributed by atoms with Crippen molar-refractivity contribution < 1.29 is 4.74 Å². The Morgan fingerprint density at radius 3 is 2.44 bits per heavy atom. The molecule has 0 radical (unpaired) electrons. The molecule has 1 fully saturated rings. The number of hydrogen-bond acceptors (Lipinski definition) is 5. The summed E-state index contributed by atoms with van der Waals surface area (Å²) < 4.78 is 5.34. The van der Waals surface area contributed by atoms with E-state index in [1.165, 1.54) is 24.8 Å². The standard InChI is InChI=1S/C24H36N6O.HI/c1-25-24(26-17-20-9-8-10-23(28-20)29(2)3)27-18-22(30-15-6-5-7-16-30)19-11-13-21(31-4)14-12-19;/h8-14,22H,5-7,15-18H2,1-4H3,(H2,25,26,27);1H. The molecule has 176 valence electrons. The number of halogens is 1. The molecule has 0 bridgehead atoms. The minimum absolute atomic E-state index is 0. The Labute approximate surface area is 209 Å². The zero-order valence-corrected chi connectivity index (χ0v) is 22.0. The number of nitrogens with one attached hydrogen (secondary N) is 2. The molecule has 2 heterocycles. The van der Waals surface area contributed by atoms with Crippen LogP contribution in [0.25, 0.3) is 0 Å². The lowest BCUT2D eigenvalue weighted by Gasteiger charge is -2.35. The number of anilines is 1. The number of benzene rings is 1. The van der Waals surface area contributed by atoms with Crippen LogP contribution in [0.1, 0.15) is 36.6 Å². The molecule has 1 saturated heterocycles. The lowest BCUT2D eigenvalue weighted by atomic mass is 10.0. The highest BCUT2D eigenvalue weighted by molar-refractivity contribution is 14.0. The minimum atomic E-state index is 0. The molecular weight excluding hydrogens is 515 g/mol. The van der Waals surface area contributed by atoms with E-state index in [1.54, 1.807) is 7.11 Å². The first-order chi connectivity index (χ1) is 15.1. The van der Waals surface area contributed by atoms with Crippen LogP contribution in [0.2, 0.25) is 0 Å². The Bertz CT molecular complexity index is 837. The maximum Gasteiger partial charge on any atom is 0.191 e. The molecule has 1 aliphatic heterocycles. The third kappa shape index (κ3) is 7.51. The highest BCUT2D eigenvalue weighted by Gasteiger charge is 2.22. The number of ether oxygens (including phenoxy) is 1. The van der Waals surface area contributed by atoms with Crippen LogP contribution in [0.15, 0.2) is 47.5 Å². The van der Waals surface area contributed by atoms with Crippen molar-refractivity contribution in [2.24, 2.45) is 4.99 Å². The second-order valence-electron chi connectivity index (χ2n) is 8.07. The van der Waals surface area contributed by atoms with Crippen LogP contribution < -0.4 is 20.3 Å². The van der Waals surface area contributed by atoms with Gasteiger partial charge in [-0.05, 0) is 55.8 Å². The van der Waals surface area contributed by atoms with E-state index in [9.17, 15) is 0 Å². The van der Waals surface area contributed by atoms with Gasteiger partial charge in [0.25, 0.3) is 0 Å². The fourth-order valence-corrected chi connectivity index (χ4v) is 3.92. The van der Waals surface area contributed by atoms with Crippen LogP contribution in [-0.4, -0.2) is 63.7 Å². The van der Waals surface area contributed by atoms with E-state index < -0.39 is 0 Å². The summed E-state index contributed by atoms with van der Waals surface area (Å²) in [6.45, 7) is 3.67. The molecule has 3 rings (SSSR count). The van der Waals surface area contributed by atoms with Gasteiger partial charge in [0.2, 0.25) is 0 Å². The lowest BCUT2D eigenvalue weighted by Crippen LogP contribution is -2.44. The lowest BCUT2D eigenvalue weighted by molar-refractivity contribution is 0.164. The van der Waals surface area contributed by atoms with Gasteiger partial charge in [-0.1, -0.05) is 24.6 Å². The van der Waals surface area contributed by atoms with Crippen molar-refractivity contribution in [3.8, 4) is 5.75 Å². The first kappa shape index (κ1) is 26.2. The summed E-state index contributed by atoms with van der Waals surface area (Å²) in [6, 6.07) is 14.8. The molecule has 2 N–H and O–H groups in total. The van der Waals surface area contributed by atoms with Gasteiger partial charge in [-0.15, -0.1) is 24.0 Å². The summed E-state index contributed by atoms with van der Waals surface area (Å²) in [5.74, 6) is 2.62. The average molecular weight is 553 g/mol. The summed E-state index contributed by atoms with van der Waals surface area (Å²) in [7, 11) is 7.51. The largest absolute Gasteiger partial charge is 0.497 e. The number of likely N-dealkylation sites (tertiary alicyclic amines) is 1. The van der Waals surface area contributed by atoms with Crippen LogP contribution in [0, 0.1) is 0 Å². The summed E-state index contributed by atoms with van der Waals surface area (Å²) >= 11 is 0. The molecule has 7 nitrogen and oxygen atoms in total. The van der Waals surface area contributed by atoms with E-state index in [4.69, 9.17) is 4.74 Å². The Balaban J connectivity index is 0.00000363. The Hall–Kier alpha value is -2.07. The van der Waals surface area contributed by atoms with Crippen molar-refractivity contribution >= 4 is 35.8 Å². The average Bonchev–Trinajstić information content (AvgIpc) is 2.82. The van der Waals surface area contributed by atoms with Crippen molar-refractivity contribution in [2.45, 2.75) is 31.8 Å². The van der Waals surface area contributed by atoms with Crippen molar-refractivity contribution in [1.29, 1.82) is 0 Å². The SMILES string of the molecule is CN=C(NCc1cccc(N(C)C)n1)NCC(c1ccc(OC)cc1)N1CCCCC1.I. The van der Waals surface area contributed by atoms with Crippen LogP contribution >= 0.6 is 24.0 Å². The maximum atomic E-state index is 5.34. The predicted octanol–water partition coefficient (Wildman–Crippen LogP) is 3.67. The third-order valence-electron chi connectivity index (χ3n) is 5.71. The molecule has 1 unspecified atom stereocenters. The zero-order valence-electron chi connectivity index (χ0n) is 19.7. The van der Waals surface area contributed by atoms with Crippen molar-refractivity contribution in [3.05, 3.63) is 53.7 Å². The van der Waals surface area contributed by atoms with Crippen molar-refractivity contribution in [1.82, 2.24) is 20.5 Å².